The Bertz CT molecular complexity index is 226. The Balaban J connectivity index is 4.44. The molecule has 0 heterocycles. The van der Waals surface area contributed by atoms with Crippen molar-refractivity contribution in [2.24, 2.45) is 5.92 Å². The smallest absolute Gasteiger partial charge is 0.328 e. The maximum absolute atomic E-state index is 10.6. The van der Waals surface area contributed by atoms with Gasteiger partial charge in [-0.15, -0.1) is 0 Å². The van der Waals surface area contributed by atoms with Gasteiger partial charge in [-0.1, -0.05) is 6.08 Å². The summed E-state index contributed by atoms with van der Waals surface area (Å²) in [6, 6.07) is 0. The van der Waals surface area contributed by atoms with Gasteiger partial charge in [0.25, 0.3) is 0 Å². The number of rotatable bonds is 4. The molecule has 0 saturated heterocycles. The molecule has 0 radical (unpaired) electrons. The average molecular weight is 172 g/mol. The van der Waals surface area contributed by atoms with Crippen LogP contribution < -0.4 is 0 Å². The SMILES string of the molecule is CC(=O)C(C=CC(=O)O)C(=O)O. The third-order valence-electron chi connectivity index (χ3n) is 1.14. The van der Waals surface area contributed by atoms with E-state index in [1.807, 2.05) is 0 Å². The van der Waals surface area contributed by atoms with Gasteiger partial charge in [0.1, 0.15) is 11.7 Å². The summed E-state index contributed by atoms with van der Waals surface area (Å²) in [4.78, 5) is 30.8. The van der Waals surface area contributed by atoms with Gasteiger partial charge in [0.05, 0.1) is 0 Å². The molecule has 5 heteroatoms. The topological polar surface area (TPSA) is 91.7 Å². The van der Waals surface area contributed by atoms with E-state index in [4.69, 9.17) is 10.2 Å². The van der Waals surface area contributed by atoms with E-state index < -0.39 is 23.6 Å². The second-order valence-electron chi connectivity index (χ2n) is 2.12. The molecule has 12 heavy (non-hydrogen) atoms. The molecule has 1 atom stereocenters. The molecule has 66 valence electrons. The minimum Gasteiger partial charge on any atom is -0.480 e. The minimum absolute atomic E-state index is 0.597. The fraction of sp³-hybridized carbons (Fsp3) is 0.286. The zero-order chi connectivity index (χ0) is 9.72. The summed E-state index contributed by atoms with van der Waals surface area (Å²) in [5.74, 6) is -4.58. The molecule has 0 aromatic rings. The van der Waals surface area contributed by atoms with Crippen molar-refractivity contribution in [2.75, 3.05) is 0 Å². The zero-order valence-electron chi connectivity index (χ0n) is 6.35. The van der Waals surface area contributed by atoms with Gasteiger partial charge in [-0.25, -0.2) is 4.79 Å². The summed E-state index contributed by atoms with van der Waals surface area (Å²) >= 11 is 0. The molecule has 0 rings (SSSR count). The van der Waals surface area contributed by atoms with E-state index in [2.05, 4.69) is 0 Å². The first-order chi connectivity index (χ1) is 5.45. The number of Topliss-reactive ketones (excluding diaryl/α,β-unsaturated/α-hetero) is 1. The van der Waals surface area contributed by atoms with Crippen molar-refractivity contribution in [2.45, 2.75) is 6.92 Å². The van der Waals surface area contributed by atoms with Crippen molar-refractivity contribution in [3.8, 4) is 0 Å². The number of hydrogen-bond acceptors (Lipinski definition) is 3. The number of hydrogen-bond donors (Lipinski definition) is 2. The first-order valence-electron chi connectivity index (χ1n) is 3.09. The summed E-state index contributed by atoms with van der Waals surface area (Å²) in [6.45, 7) is 1.09. The van der Waals surface area contributed by atoms with Crippen LogP contribution in [0.2, 0.25) is 0 Å². The van der Waals surface area contributed by atoms with Crippen molar-refractivity contribution < 1.29 is 24.6 Å². The lowest BCUT2D eigenvalue weighted by Gasteiger charge is -1.99. The third kappa shape index (κ3) is 3.50. The largest absolute Gasteiger partial charge is 0.480 e. The summed E-state index contributed by atoms with van der Waals surface area (Å²) in [5.41, 5.74) is 0. The van der Waals surface area contributed by atoms with Gasteiger partial charge >= 0.3 is 11.9 Å². The van der Waals surface area contributed by atoms with Crippen LogP contribution in [0, 0.1) is 5.92 Å². The van der Waals surface area contributed by atoms with Crippen LogP contribution in [-0.4, -0.2) is 27.9 Å². The monoisotopic (exact) mass is 172 g/mol. The fourth-order valence-corrected chi connectivity index (χ4v) is 0.570. The van der Waals surface area contributed by atoms with E-state index in [1.165, 1.54) is 0 Å². The quantitative estimate of drug-likeness (QED) is 0.457. The maximum atomic E-state index is 10.6. The van der Waals surface area contributed by atoms with Crippen LogP contribution in [0.4, 0.5) is 0 Å². The highest BCUT2D eigenvalue weighted by Gasteiger charge is 2.18. The second-order valence-corrected chi connectivity index (χ2v) is 2.12. The molecule has 1 unspecified atom stereocenters. The lowest BCUT2D eigenvalue weighted by atomic mass is 10.1. The minimum atomic E-state index is -1.36. The first-order valence-corrected chi connectivity index (χ1v) is 3.09. The molecule has 2 N–H and O–H groups in total. The predicted molar refractivity (Wildman–Crippen MR) is 38.6 cm³/mol. The van der Waals surface area contributed by atoms with Gasteiger partial charge in [0.15, 0.2) is 0 Å². The van der Waals surface area contributed by atoms with E-state index in [9.17, 15) is 14.4 Å². The van der Waals surface area contributed by atoms with E-state index in [0.29, 0.717) is 6.08 Å². The molecule has 5 nitrogen and oxygen atoms in total. The van der Waals surface area contributed by atoms with Crippen LogP contribution in [0.1, 0.15) is 6.92 Å². The number of aliphatic carboxylic acids is 2. The van der Waals surface area contributed by atoms with Crippen molar-refractivity contribution >= 4 is 17.7 Å². The summed E-state index contributed by atoms with van der Waals surface area (Å²) in [6.07, 6.45) is 1.48. The van der Waals surface area contributed by atoms with E-state index >= 15 is 0 Å². The Labute approximate surface area is 68.3 Å². The van der Waals surface area contributed by atoms with Gasteiger partial charge in [-0.05, 0) is 6.92 Å². The van der Waals surface area contributed by atoms with Crippen LogP contribution in [-0.2, 0) is 14.4 Å². The standard InChI is InChI=1S/C7H8O5/c1-4(8)5(7(11)12)2-3-6(9)10/h2-3,5H,1H3,(H,9,10)(H,11,12). The summed E-state index contributed by atoms with van der Waals surface area (Å²) in [7, 11) is 0. The Kier molecular flexibility index (Phi) is 3.69. The molecule has 0 aliphatic carbocycles. The van der Waals surface area contributed by atoms with Crippen molar-refractivity contribution in [3.63, 3.8) is 0 Å². The Hall–Kier alpha value is -1.65. The lowest BCUT2D eigenvalue weighted by molar-refractivity contribution is -0.143. The molecular formula is C7H8O5. The number of carbonyl (C=O) groups is 3. The maximum Gasteiger partial charge on any atom is 0.328 e. The zero-order valence-corrected chi connectivity index (χ0v) is 6.35. The number of carboxylic acid groups (broad SMARTS) is 2. The molecule has 0 aromatic carbocycles. The molecule has 0 aromatic heterocycles. The van der Waals surface area contributed by atoms with Crippen LogP contribution >= 0.6 is 0 Å². The Morgan fingerprint density at radius 3 is 2.00 bits per heavy atom. The summed E-state index contributed by atoms with van der Waals surface area (Å²) < 4.78 is 0. The Morgan fingerprint density at radius 2 is 1.75 bits per heavy atom. The van der Waals surface area contributed by atoms with Gasteiger partial charge in [0.2, 0.25) is 0 Å². The number of carbonyl (C=O) groups excluding carboxylic acids is 1. The van der Waals surface area contributed by atoms with Gasteiger partial charge in [0, 0.05) is 6.08 Å². The molecule has 0 spiro atoms. The molecule has 0 bridgehead atoms. The van der Waals surface area contributed by atoms with E-state index in [-0.39, 0.29) is 0 Å². The molecule has 0 amide bonds. The lowest BCUT2D eigenvalue weighted by Crippen LogP contribution is -2.19. The molecule has 0 aliphatic rings. The van der Waals surface area contributed by atoms with Crippen LogP contribution in [0.25, 0.3) is 0 Å². The molecular weight excluding hydrogens is 164 g/mol. The average Bonchev–Trinajstić information content (AvgIpc) is 1.84. The highest BCUT2D eigenvalue weighted by atomic mass is 16.4. The summed E-state index contributed by atoms with van der Waals surface area (Å²) in [5, 5.41) is 16.5. The molecule has 0 fully saturated rings. The molecule has 0 aliphatic heterocycles. The van der Waals surface area contributed by atoms with Crippen molar-refractivity contribution in [3.05, 3.63) is 12.2 Å². The second kappa shape index (κ2) is 4.27. The first kappa shape index (κ1) is 10.3. The normalized spacial score (nSPS) is 12.8. The van der Waals surface area contributed by atoms with Crippen LogP contribution in [0.5, 0.6) is 0 Å². The van der Waals surface area contributed by atoms with Gasteiger partial charge < -0.3 is 10.2 Å². The fourth-order valence-electron chi connectivity index (χ4n) is 0.570. The predicted octanol–water partition coefficient (Wildman–Crippen LogP) is -0.0830. The van der Waals surface area contributed by atoms with Crippen LogP contribution in [0.3, 0.4) is 0 Å². The highest BCUT2D eigenvalue weighted by molar-refractivity contribution is 5.99. The van der Waals surface area contributed by atoms with Gasteiger partial charge in [-0.3, -0.25) is 9.59 Å². The van der Waals surface area contributed by atoms with E-state index in [0.717, 1.165) is 13.0 Å². The number of carboxylic acids is 2. The van der Waals surface area contributed by atoms with Crippen molar-refractivity contribution in [1.29, 1.82) is 0 Å². The highest BCUT2D eigenvalue weighted by Crippen LogP contribution is 2.00. The Morgan fingerprint density at radius 1 is 1.25 bits per heavy atom. The molecule has 0 saturated carbocycles. The van der Waals surface area contributed by atoms with Crippen LogP contribution in [0.15, 0.2) is 12.2 Å². The van der Waals surface area contributed by atoms with Gasteiger partial charge in [-0.2, -0.15) is 0 Å². The van der Waals surface area contributed by atoms with E-state index in [1.54, 1.807) is 0 Å². The number of ketones is 1. The van der Waals surface area contributed by atoms with Crippen molar-refractivity contribution in [1.82, 2.24) is 0 Å². The third-order valence-corrected chi connectivity index (χ3v) is 1.14.